The van der Waals surface area contributed by atoms with Crippen LogP contribution in [0.4, 0.5) is 10.5 Å². The molecule has 0 bridgehead atoms. The summed E-state index contributed by atoms with van der Waals surface area (Å²) in [6, 6.07) is 3.13. The number of urea groups is 1. The summed E-state index contributed by atoms with van der Waals surface area (Å²) < 4.78 is 5.30. The van der Waals surface area contributed by atoms with Crippen LogP contribution >= 0.6 is 23.2 Å². The van der Waals surface area contributed by atoms with Crippen LogP contribution in [-0.4, -0.2) is 50.3 Å². The number of ether oxygens (including phenoxy) is 1. The molecule has 7 heteroatoms. The largest absolute Gasteiger partial charge is 0.379 e. The Kier molecular flexibility index (Phi) is 6.76. The molecule has 0 radical (unpaired) electrons. The van der Waals surface area contributed by atoms with Gasteiger partial charge in [0.25, 0.3) is 0 Å². The molecule has 1 heterocycles. The summed E-state index contributed by atoms with van der Waals surface area (Å²) in [5, 5.41) is 6.64. The number of rotatable bonds is 5. The number of halogens is 2. The van der Waals surface area contributed by atoms with Crippen molar-refractivity contribution in [1.29, 1.82) is 0 Å². The van der Waals surface area contributed by atoms with Gasteiger partial charge in [-0.2, -0.15) is 0 Å². The van der Waals surface area contributed by atoms with Crippen molar-refractivity contribution in [3.8, 4) is 0 Å². The molecule has 122 valence electrons. The fourth-order valence-electron chi connectivity index (χ4n) is 2.22. The highest BCUT2D eigenvalue weighted by molar-refractivity contribution is 6.36. The monoisotopic (exact) mass is 345 g/mol. The second kappa shape index (κ2) is 8.58. The predicted octanol–water partition coefficient (Wildman–Crippen LogP) is 3.15. The molecule has 1 fully saturated rings. The zero-order chi connectivity index (χ0) is 15.9. The summed E-state index contributed by atoms with van der Waals surface area (Å²) in [5.74, 6) is 0. The molecule has 1 aliphatic rings. The van der Waals surface area contributed by atoms with E-state index in [2.05, 4.69) is 15.5 Å². The van der Waals surface area contributed by atoms with Crippen LogP contribution in [0.25, 0.3) is 0 Å². The SMILES string of the molecule is Cc1c(Cl)cc(NC(=O)NCCCN2CCOCC2)cc1Cl. The lowest BCUT2D eigenvalue weighted by Crippen LogP contribution is -2.38. The Balaban J connectivity index is 1.69. The molecule has 1 aromatic carbocycles. The molecule has 0 aliphatic carbocycles. The van der Waals surface area contributed by atoms with Crippen molar-refractivity contribution < 1.29 is 9.53 Å². The molecule has 1 saturated heterocycles. The normalized spacial score (nSPS) is 15.6. The Labute approximate surface area is 140 Å². The number of carbonyl (C=O) groups is 1. The molecule has 0 spiro atoms. The van der Waals surface area contributed by atoms with Crippen LogP contribution in [0.1, 0.15) is 12.0 Å². The molecule has 2 N–H and O–H groups in total. The van der Waals surface area contributed by atoms with Crippen molar-refractivity contribution in [1.82, 2.24) is 10.2 Å². The number of benzene rings is 1. The molecule has 2 amide bonds. The smallest absolute Gasteiger partial charge is 0.319 e. The van der Waals surface area contributed by atoms with E-state index in [0.717, 1.165) is 44.8 Å². The van der Waals surface area contributed by atoms with Crippen LogP contribution in [-0.2, 0) is 4.74 Å². The Morgan fingerprint density at radius 3 is 2.55 bits per heavy atom. The van der Waals surface area contributed by atoms with Crippen molar-refractivity contribution in [2.24, 2.45) is 0 Å². The van der Waals surface area contributed by atoms with Crippen molar-refractivity contribution >= 4 is 34.9 Å². The number of hydrogen-bond acceptors (Lipinski definition) is 3. The minimum atomic E-state index is -0.252. The highest BCUT2D eigenvalue weighted by Gasteiger charge is 2.10. The number of morpholine rings is 1. The first-order chi connectivity index (χ1) is 10.6. The van der Waals surface area contributed by atoms with E-state index in [1.165, 1.54) is 0 Å². The van der Waals surface area contributed by atoms with Crippen molar-refractivity contribution in [3.63, 3.8) is 0 Å². The molecule has 1 aromatic rings. The van der Waals surface area contributed by atoms with Gasteiger partial charge >= 0.3 is 6.03 Å². The van der Waals surface area contributed by atoms with E-state index >= 15 is 0 Å². The average Bonchev–Trinajstić information content (AvgIpc) is 2.50. The second-order valence-corrected chi connectivity index (χ2v) is 6.07. The van der Waals surface area contributed by atoms with Gasteiger partial charge in [0.05, 0.1) is 13.2 Å². The van der Waals surface area contributed by atoms with Gasteiger partial charge in [-0.1, -0.05) is 23.2 Å². The summed E-state index contributed by atoms with van der Waals surface area (Å²) >= 11 is 12.1. The van der Waals surface area contributed by atoms with Gasteiger partial charge in [0.2, 0.25) is 0 Å². The minimum absolute atomic E-state index is 0.252. The summed E-state index contributed by atoms with van der Waals surface area (Å²) in [6.45, 7) is 6.94. The van der Waals surface area contributed by atoms with E-state index in [1.54, 1.807) is 12.1 Å². The van der Waals surface area contributed by atoms with Gasteiger partial charge in [-0.25, -0.2) is 4.79 Å². The number of anilines is 1. The third-order valence-electron chi connectivity index (χ3n) is 3.58. The van der Waals surface area contributed by atoms with E-state index < -0.39 is 0 Å². The number of nitrogens with one attached hydrogen (secondary N) is 2. The first-order valence-electron chi connectivity index (χ1n) is 7.37. The molecule has 0 unspecified atom stereocenters. The average molecular weight is 346 g/mol. The fourth-order valence-corrected chi connectivity index (χ4v) is 2.71. The topological polar surface area (TPSA) is 53.6 Å². The third kappa shape index (κ3) is 5.32. The maximum Gasteiger partial charge on any atom is 0.319 e. The molecule has 0 atom stereocenters. The maximum absolute atomic E-state index is 11.8. The van der Waals surface area contributed by atoms with Crippen LogP contribution in [0.15, 0.2) is 12.1 Å². The predicted molar refractivity (Wildman–Crippen MR) is 90.1 cm³/mol. The third-order valence-corrected chi connectivity index (χ3v) is 4.36. The van der Waals surface area contributed by atoms with Crippen LogP contribution in [0.2, 0.25) is 10.0 Å². The molecular formula is C15H21Cl2N3O2. The lowest BCUT2D eigenvalue weighted by molar-refractivity contribution is 0.0375. The number of nitrogens with zero attached hydrogens (tertiary/aromatic N) is 1. The van der Waals surface area contributed by atoms with Crippen LogP contribution in [0, 0.1) is 6.92 Å². The highest BCUT2D eigenvalue weighted by atomic mass is 35.5. The number of carbonyl (C=O) groups excluding carboxylic acids is 1. The van der Waals surface area contributed by atoms with Crippen molar-refractivity contribution in [2.75, 3.05) is 44.7 Å². The van der Waals surface area contributed by atoms with E-state index in [1.807, 2.05) is 6.92 Å². The maximum atomic E-state index is 11.8. The first kappa shape index (κ1) is 17.3. The summed E-state index contributed by atoms with van der Waals surface area (Å²) in [5.41, 5.74) is 1.39. The van der Waals surface area contributed by atoms with E-state index in [-0.39, 0.29) is 6.03 Å². The zero-order valence-corrected chi connectivity index (χ0v) is 14.1. The fraction of sp³-hybridized carbons (Fsp3) is 0.533. The van der Waals surface area contributed by atoms with Crippen molar-refractivity contribution in [2.45, 2.75) is 13.3 Å². The number of amides is 2. The van der Waals surface area contributed by atoms with E-state index in [4.69, 9.17) is 27.9 Å². The minimum Gasteiger partial charge on any atom is -0.379 e. The van der Waals surface area contributed by atoms with Gasteiger partial charge < -0.3 is 15.4 Å². The lowest BCUT2D eigenvalue weighted by atomic mass is 10.2. The zero-order valence-electron chi connectivity index (χ0n) is 12.6. The quantitative estimate of drug-likeness (QED) is 0.806. The Morgan fingerprint density at radius 2 is 1.91 bits per heavy atom. The van der Waals surface area contributed by atoms with Crippen LogP contribution < -0.4 is 10.6 Å². The van der Waals surface area contributed by atoms with Gasteiger partial charge in [0, 0.05) is 35.4 Å². The Bertz CT molecular complexity index is 497. The lowest BCUT2D eigenvalue weighted by Gasteiger charge is -2.26. The van der Waals surface area contributed by atoms with Crippen molar-refractivity contribution in [3.05, 3.63) is 27.7 Å². The highest BCUT2D eigenvalue weighted by Crippen LogP contribution is 2.27. The van der Waals surface area contributed by atoms with Crippen LogP contribution in [0.5, 0.6) is 0 Å². The summed E-state index contributed by atoms with van der Waals surface area (Å²) in [7, 11) is 0. The Hall–Kier alpha value is -1.01. The van der Waals surface area contributed by atoms with Gasteiger partial charge in [-0.05, 0) is 37.6 Å². The molecule has 0 aromatic heterocycles. The molecule has 2 rings (SSSR count). The van der Waals surface area contributed by atoms with Crippen LogP contribution in [0.3, 0.4) is 0 Å². The first-order valence-corrected chi connectivity index (χ1v) is 8.12. The molecular weight excluding hydrogens is 325 g/mol. The molecule has 0 saturated carbocycles. The standard InChI is InChI=1S/C15H21Cl2N3O2/c1-11-13(16)9-12(10-14(11)17)19-15(21)18-3-2-4-20-5-7-22-8-6-20/h9-10H,2-8H2,1H3,(H2,18,19,21). The summed E-state index contributed by atoms with van der Waals surface area (Å²) in [4.78, 5) is 14.2. The number of hydrogen-bond donors (Lipinski definition) is 2. The van der Waals surface area contributed by atoms with Gasteiger partial charge in [-0.15, -0.1) is 0 Å². The van der Waals surface area contributed by atoms with Gasteiger partial charge in [0.1, 0.15) is 0 Å². The van der Waals surface area contributed by atoms with Gasteiger partial charge in [0.15, 0.2) is 0 Å². The Morgan fingerprint density at radius 1 is 1.27 bits per heavy atom. The van der Waals surface area contributed by atoms with Gasteiger partial charge in [-0.3, -0.25) is 4.90 Å². The second-order valence-electron chi connectivity index (χ2n) is 5.25. The van der Waals surface area contributed by atoms with E-state index in [0.29, 0.717) is 22.3 Å². The summed E-state index contributed by atoms with van der Waals surface area (Å²) in [6.07, 6.45) is 0.906. The molecule has 22 heavy (non-hydrogen) atoms. The molecule has 5 nitrogen and oxygen atoms in total. The van der Waals surface area contributed by atoms with E-state index in [9.17, 15) is 4.79 Å². The molecule has 1 aliphatic heterocycles.